The van der Waals surface area contributed by atoms with Gasteiger partial charge in [-0.15, -0.1) is 0 Å². The summed E-state index contributed by atoms with van der Waals surface area (Å²) >= 11 is 9.13. The van der Waals surface area contributed by atoms with Crippen molar-refractivity contribution in [2.45, 2.75) is 18.7 Å². The molecular weight excluding hydrogens is 445 g/mol. The average Bonchev–Trinajstić information content (AvgIpc) is 2.63. The molecule has 1 amide bonds. The van der Waals surface area contributed by atoms with Gasteiger partial charge in [0, 0.05) is 29.8 Å². The summed E-state index contributed by atoms with van der Waals surface area (Å²) in [6.07, 6.45) is 0. The van der Waals surface area contributed by atoms with E-state index in [9.17, 15) is 9.18 Å². The van der Waals surface area contributed by atoms with Crippen LogP contribution in [0.5, 0.6) is 5.75 Å². The highest BCUT2D eigenvalue weighted by atomic mass is 79.9. The van der Waals surface area contributed by atoms with E-state index in [1.54, 1.807) is 36.0 Å². The fourth-order valence-electron chi connectivity index (χ4n) is 3.99. The molecule has 4 rings (SSSR count). The quantitative estimate of drug-likeness (QED) is 0.685. The first-order chi connectivity index (χ1) is 13.2. The first-order valence-corrected chi connectivity index (χ1v) is 9.98. The summed E-state index contributed by atoms with van der Waals surface area (Å²) in [5, 5.41) is 3.74. The van der Waals surface area contributed by atoms with Crippen LogP contribution in [0.2, 0.25) is 0 Å². The molecule has 8 heteroatoms. The van der Waals surface area contributed by atoms with Crippen molar-refractivity contribution in [3.63, 3.8) is 0 Å². The summed E-state index contributed by atoms with van der Waals surface area (Å²) in [7, 11) is 3.44. The van der Waals surface area contributed by atoms with E-state index in [-0.39, 0.29) is 17.8 Å². The number of carbonyl (C=O) groups is 1. The summed E-state index contributed by atoms with van der Waals surface area (Å²) in [5.41, 5.74) is 0.442. The molecule has 3 atom stereocenters. The number of rotatable bonds is 2. The number of fused-ring (bicyclic) bond motifs is 4. The lowest BCUT2D eigenvalue weighted by Crippen LogP contribution is -2.72. The topological polar surface area (TPSA) is 44.8 Å². The molecule has 2 aliphatic heterocycles. The number of benzene rings is 2. The summed E-state index contributed by atoms with van der Waals surface area (Å²) < 4.78 is 20.8. The number of hydrogen-bond acceptors (Lipinski definition) is 3. The molecule has 0 spiro atoms. The number of anilines is 1. The summed E-state index contributed by atoms with van der Waals surface area (Å²) in [5.74, 6) is -0.315. The van der Waals surface area contributed by atoms with Gasteiger partial charge in [0.25, 0.3) is 0 Å². The summed E-state index contributed by atoms with van der Waals surface area (Å²) in [6.45, 7) is 1.85. The molecular formula is C20H19BrFN3O2S. The standard InChI is InChI=1S/C20H19BrFN3O2S/c1-20-16(18(26)24(2)3)17(14-10-11(21)4-9-15(14)27-20)23-19(28)25(20)13-7-5-12(22)6-8-13/h4-10,16-17H,1-3H3,(H,23,28)/t16-,17+,20+/m1/s1. The molecule has 0 saturated carbocycles. The zero-order valence-electron chi connectivity index (χ0n) is 15.6. The Hall–Kier alpha value is -2.19. The third-order valence-electron chi connectivity index (χ3n) is 5.25. The van der Waals surface area contributed by atoms with Crippen LogP contribution in [-0.2, 0) is 4.79 Å². The lowest BCUT2D eigenvalue weighted by atomic mass is 9.78. The van der Waals surface area contributed by atoms with Crippen molar-refractivity contribution >= 4 is 44.9 Å². The van der Waals surface area contributed by atoms with Crippen molar-refractivity contribution in [3.8, 4) is 5.75 Å². The predicted molar refractivity (Wildman–Crippen MR) is 113 cm³/mol. The van der Waals surface area contributed by atoms with Crippen LogP contribution >= 0.6 is 28.1 Å². The molecule has 146 valence electrons. The molecule has 2 aliphatic rings. The third-order valence-corrected chi connectivity index (χ3v) is 6.05. The minimum Gasteiger partial charge on any atom is -0.467 e. The fourth-order valence-corrected chi connectivity index (χ4v) is 4.78. The van der Waals surface area contributed by atoms with Crippen LogP contribution in [0.3, 0.4) is 0 Å². The van der Waals surface area contributed by atoms with E-state index in [1.807, 2.05) is 25.1 Å². The highest BCUT2D eigenvalue weighted by molar-refractivity contribution is 9.10. The number of thiocarbonyl (C=S) groups is 1. The van der Waals surface area contributed by atoms with Crippen molar-refractivity contribution in [1.82, 2.24) is 10.2 Å². The van der Waals surface area contributed by atoms with Gasteiger partial charge in [0.2, 0.25) is 5.91 Å². The second kappa shape index (κ2) is 6.70. The van der Waals surface area contributed by atoms with E-state index in [0.29, 0.717) is 16.5 Å². The van der Waals surface area contributed by atoms with Crippen molar-refractivity contribution < 1.29 is 13.9 Å². The molecule has 28 heavy (non-hydrogen) atoms. The molecule has 1 fully saturated rings. The summed E-state index contributed by atoms with van der Waals surface area (Å²) in [6, 6.07) is 11.4. The van der Waals surface area contributed by atoms with Gasteiger partial charge in [-0.05, 0) is 61.6 Å². The van der Waals surface area contributed by atoms with E-state index in [4.69, 9.17) is 17.0 Å². The molecule has 2 heterocycles. The van der Waals surface area contributed by atoms with Crippen molar-refractivity contribution in [2.24, 2.45) is 5.92 Å². The van der Waals surface area contributed by atoms with Crippen LogP contribution in [0, 0.1) is 11.7 Å². The van der Waals surface area contributed by atoms with Gasteiger partial charge in [-0.3, -0.25) is 9.69 Å². The minimum atomic E-state index is -1.08. The van der Waals surface area contributed by atoms with Crippen LogP contribution in [0.15, 0.2) is 46.9 Å². The van der Waals surface area contributed by atoms with Crippen LogP contribution < -0.4 is 15.0 Å². The van der Waals surface area contributed by atoms with Gasteiger partial charge in [-0.1, -0.05) is 15.9 Å². The van der Waals surface area contributed by atoms with Gasteiger partial charge in [-0.25, -0.2) is 4.39 Å². The second-order valence-corrected chi connectivity index (χ2v) is 8.59. The van der Waals surface area contributed by atoms with Crippen molar-refractivity contribution in [2.75, 3.05) is 19.0 Å². The molecule has 1 N–H and O–H groups in total. The Kier molecular flexibility index (Phi) is 4.58. The monoisotopic (exact) mass is 463 g/mol. The van der Waals surface area contributed by atoms with E-state index in [0.717, 1.165) is 10.0 Å². The first kappa shape index (κ1) is 19.1. The molecule has 0 unspecified atom stereocenters. The maximum Gasteiger partial charge on any atom is 0.233 e. The highest BCUT2D eigenvalue weighted by Gasteiger charge is 2.59. The Morgan fingerprint density at radius 2 is 1.96 bits per heavy atom. The predicted octanol–water partition coefficient (Wildman–Crippen LogP) is 3.84. The largest absolute Gasteiger partial charge is 0.467 e. The van der Waals surface area contributed by atoms with E-state index in [2.05, 4.69) is 21.2 Å². The van der Waals surface area contributed by atoms with Crippen molar-refractivity contribution in [1.29, 1.82) is 0 Å². The Morgan fingerprint density at radius 3 is 2.61 bits per heavy atom. The number of ether oxygens (including phenoxy) is 1. The Morgan fingerprint density at radius 1 is 1.29 bits per heavy atom. The van der Waals surface area contributed by atoms with Crippen LogP contribution in [0.25, 0.3) is 0 Å². The second-order valence-electron chi connectivity index (χ2n) is 7.29. The fraction of sp³-hybridized carbons (Fsp3) is 0.300. The molecule has 0 radical (unpaired) electrons. The van der Waals surface area contributed by atoms with Crippen LogP contribution in [0.4, 0.5) is 10.1 Å². The molecule has 2 aromatic rings. The molecule has 0 aliphatic carbocycles. The van der Waals surface area contributed by atoms with Crippen LogP contribution in [-0.4, -0.2) is 35.7 Å². The number of hydrogen-bond donors (Lipinski definition) is 1. The van der Waals surface area contributed by atoms with Gasteiger partial charge in [0.1, 0.15) is 17.5 Å². The number of carbonyl (C=O) groups excluding carboxylic acids is 1. The van der Waals surface area contributed by atoms with Gasteiger partial charge in [0.15, 0.2) is 10.8 Å². The number of nitrogens with zero attached hydrogens (tertiary/aromatic N) is 2. The van der Waals surface area contributed by atoms with E-state index in [1.165, 1.54) is 12.1 Å². The van der Waals surface area contributed by atoms with E-state index < -0.39 is 11.6 Å². The zero-order valence-corrected chi connectivity index (χ0v) is 18.0. The van der Waals surface area contributed by atoms with E-state index >= 15 is 0 Å². The lowest BCUT2D eigenvalue weighted by molar-refractivity contribution is -0.144. The van der Waals surface area contributed by atoms with Crippen LogP contribution in [0.1, 0.15) is 18.5 Å². The van der Waals surface area contributed by atoms with Gasteiger partial charge < -0.3 is 15.0 Å². The van der Waals surface area contributed by atoms with Gasteiger partial charge in [0.05, 0.1) is 6.04 Å². The molecule has 2 bridgehead atoms. The SMILES string of the molecule is CN(C)C(=O)[C@H]1[C@H]2NC(=S)N(c3ccc(F)cc3)[C@@]1(C)Oc1ccc(Br)cc12. The number of halogens is 2. The maximum atomic E-state index is 13.5. The molecule has 5 nitrogen and oxygen atoms in total. The van der Waals surface area contributed by atoms with Gasteiger partial charge in [-0.2, -0.15) is 0 Å². The average molecular weight is 464 g/mol. The Labute approximate surface area is 176 Å². The smallest absolute Gasteiger partial charge is 0.233 e. The first-order valence-electron chi connectivity index (χ1n) is 8.78. The van der Waals surface area contributed by atoms with Gasteiger partial charge >= 0.3 is 0 Å². The Balaban J connectivity index is 1.91. The minimum absolute atomic E-state index is 0.0831. The highest BCUT2D eigenvalue weighted by Crippen LogP contribution is 2.50. The normalized spacial score (nSPS) is 25.5. The van der Waals surface area contributed by atoms with Crippen molar-refractivity contribution in [3.05, 3.63) is 58.3 Å². The third kappa shape index (κ3) is 2.86. The summed E-state index contributed by atoms with van der Waals surface area (Å²) in [4.78, 5) is 16.5. The number of amides is 1. The molecule has 2 aromatic carbocycles. The maximum absolute atomic E-state index is 13.5. The lowest BCUT2D eigenvalue weighted by Gasteiger charge is -2.56. The molecule has 0 aromatic heterocycles. The number of nitrogens with one attached hydrogen (secondary N) is 1. The zero-order chi connectivity index (χ0) is 20.2. The molecule has 1 saturated heterocycles. The Bertz CT molecular complexity index is 968.